The van der Waals surface area contributed by atoms with E-state index in [1.54, 1.807) is 4.90 Å². The predicted molar refractivity (Wildman–Crippen MR) is 91.7 cm³/mol. The van der Waals surface area contributed by atoms with E-state index in [2.05, 4.69) is 15.9 Å². The van der Waals surface area contributed by atoms with E-state index in [1.807, 2.05) is 36.4 Å². The van der Waals surface area contributed by atoms with Gasteiger partial charge in [0.05, 0.1) is 5.75 Å². The summed E-state index contributed by atoms with van der Waals surface area (Å²) in [5.41, 5.74) is 0.786. The van der Waals surface area contributed by atoms with Crippen molar-refractivity contribution in [1.82, 2.24) is 0 Å². The number of carbonyl (C=O) groups is 1. The van der Waals surface area contributed by atoms with Crippen LogP contribution in [0, 0.1) is 5.92 Å². The maximum Gasteiger partial charge on any atom is 0.232 e. The van der Waals surface area contributed by atoms with E-state index in [4.69, 9.17) is 10.7 Å². The topological polar surface area (TPSA) is 54.5 Å². The normalized spacial score (nSPS) is 19.1. The Labute approximate surface area is 141 Å². The van der Waals surface area contributed by atoms with Crippen molar-refractivity contribution >= 4 is 58.0 Å². The molecule has 1 aliphatic heterocycles. The van der Waals surface area contributed by atoms with Crippen LogP contribution in [-0.4, -0.2) is 26.6 Å². The average Bonchev–Trinajstić information content (AvgIpc) is 2.76. The highest BCUT2D eigenvalue weighted by atomic mass is 79.9. The first kappa shape index (κ1) is 15.8. The lowest BCUT2D eigenvalue weighted by Crippen LogP contribution is -2.25. The maximum absolute atomic E-state index is 12.1. The molecule has 0 N–H and O–H groups in total. The molecule has 4 nitrogen and oxygen atoms in total. The second-order valence-electron chi connectivity index (χ2n) is 5.46. The zero-order valence-corrected chi connectivity index (χ0v) is 14.7. The molecule has 116 valence electrons. The van der Waals surface area contributed by atoms with Gasteiger partial charge in [-0.2, -0.15) is 0 Å². The van der Waals surface area contributed by atoms with Gasteiger partial charge >= 0.3 is 0 Å². The summed E-state index contributed by atoms with van der Waals surface area (Å²) in [4.78, 5) is 13.8. The third-order valence-electron chi connectivity index (χ3n) is 3.74. The molecule has 3 rings (SSSR count). The van der Waals surface area contributed by atoms with Crippen LogP contribution in [0.4, 0.5) is 5.69 Å². The number of halogens is 2. The number of nitrogens with zero attached hydrogens (tertiary/aromatic N) is 1. The van der Waals surface area contributed by atoms with Gasteiger partial charge < -0.3 is 4.90 Å². The molecule has 0 spiro atoms. The molecule has 22 heavy (non-hydrogen) atoms. The highest BCUT2D eigenvalue weighted by molar-refractivity contribution is 9.10. The van der Waals surface area contributed by atoms with Crippen molar-refractivity contribution in [3.63, 3.8) is 0 Å². The largest absolute Gasteiger partial charge is 0.312 e. The second-order valence-corrected chi connectivity index (χ2v) is 9.19. The van der Waals surface area contributed by atoms with E-state index >= 15 is 0 Å². The van der Waals surface area contributed by atoms with Gasteiger partial charge in [0.2, 0.25) is 15.0 Å². The molecule has 2 aromatic rings. The summed E-state index contributed by atoms with van der Waals surface area (Å²) in [5, 5.41) is 2.10. The molecule has 0 radical (unpaired) electrons. The van der Waals surface area contributed by atoms with E-state index in [-0.39, 0.29) is 24.0 Å². The van der Waals surface area contributed by atoms with Crippen molar-refractivity contribution in [2.24, 2.45) is 5.92 Å². The van der Waals surface area contributed by atoms with Gasteiger partial charge in [-0.25, -0.2) is 8.42 Å². The Bertz CT molecular complexity index is 853. The van der Waals surface area contributed by atoms with Crippen LogP contribution in [0.5, 0.6) is 0 Å². The summed E-state index contributed by atoms with van der Waals surface area (Å²) in [6, 6.07) is 11.7. The Balaban J connectivity index is 1.88. The van der Waals surface area contributed by atoms with Crippen molar-refractivity contribution in [3.05, 3.63) is 40.9 Å². The number of hydrogen-bond acceptors (Lipinski definition) is 3. The third kappa shape index (κ3) is 3.45. The summed E-state index contributed by atoms with van der Waals surface area (Å²) in [7, 11) is 1.70. The molecule has 0 saturated carbocycles. The van der Waals surface area contributed by atoms with Gasteiger partial charge in [-0.1, -0.05) is 28.1 Å². The number of amides is 1. The molecule has 1 atom stereocenters. The molecular formula is C15H13BrClNO3S. The lowest BCUT2D eigenvalue weighted by molar-refractivity contribution is -0.117. The van der Waals surface area contributed by atoms with E-state index in [1.165, 1.54) is 0 Å². The minimum absolute atomic E-state index is 0.0678. The van der Waals surface area contributed by atoms with Gasteiger partial charge in [0.15, 0.2) is 0 Å². The standard InChI is InChI=1S/C15H13BrClNO3S/c16-13-3-1-12-7-14(4-2-11(12)6-13)18-8-10(5-15(18)19)9-22(17,20)21/h1-4,6-7,10H,5,8-9H2. The summed E-state index contributed by atoms with van der Waals surface area (Å²) >= 11 is 3.43. The van der Waals surface area contributed by atoms with E-state index < -0.39 is 9.05 Å². The van der Waals surface area contributed by atoms with Crippen LogP contribution in [0.3, 0.4) is 0 Å². The molecular weight excluding hydrogens is 390 g/mol. The third-order valence-corrected chi connectivity index (χ3v) is 5.48. The van der Waals surface area contributed by atoms with Crippen LogP contribution in [-0.2, 0) is 13.8 Å². The fourth-order valence-corrected chi connectivity index (χ4v) is 4.50. The van der Waals surface area contributed by atoms with Gasteiger partial charge in [-0.15, -0.1) is 0 Å². The fourth-order valence-electron chi connectivity index (χ4n) is 2.80. The van der Waals surface area contributed by atoms with E-state index in [0.29, 0.717) is 6.54 Å². The number of hydrogen-bond donors (Lipinski definition) is 0. The van der Waals surface area contributed by atoms with Crippen molar-refractivity contribution in [1.29, 1.82) is 0 Å². The van der Waals surface area contributed by atoms with Crippen molar-refractivity contribution in [2.75, 3.05) is 17.2 Å². The lowest BCUT2D eigenvalue weighted by Gasteiger charge is -2.17. The molecule has 0 aromatic heterocycles. The Morgan fingerprint density at radius 3 is 2.59 bits per heavy atom. The summed E-state index contributed by atoms with van der Waals surface area (Å²) in [6.07, 6.45) is 0.213. The van der Waals surface area contributed by atoms with Gasteiger partial charge in [0.1, 0.15) is 0 Å². The van der Waals surface area contributed by atoms with Crippen molar-refractivity contribution < 1.29 is 13.2 Å². The summed E-state index contributed by atoms with van der Waals surface area (Å²) < 4.78 is 23.3. The number of anilines is 1. The summed E-state index contributed by atoms with van der Waals surface area (Å²) in [6.45, 7) is 0.382. The van der Waals surface area contributed by atoms with Crippen molar-refractivity contribution in [2.45, 2.75) is 6.42 Å². The molecule has 1 heterocycles. The monoisotopic (exact) mass is 401 g/mol. The highest BCUT2D eigenvalue weighted by Crippen LogP contribution is 2.30. The molecule has 1 aliphatic rings. The lowest BCUT2D eigenvalue weighted by atomic mass is 10.1. The summed E-state index contributed by atoms with van der Waals surface area (Å²) in [5.74, 6) is -0.491. The van der Waals surface area contributed by atoms with Crippen LogP contribution in [0.2, 0.25) is 0 Å². The average molecular weight is 403 g/mol. The van der Waals surface area contributed by atoms with Crippen LogP contribution in [0.1, 0.15) is 6.42 Å². The first-order valence-electron chi connectivity index (χ1n) is 6.74. The number of benzene rings is 2. The maximum atomic E-state index is 12.1. The number of fused-ring (bicyclic) bond motifs is 1. The van der Waals surface area contributed by atoms with Crippen LogP contribution in [0.15, 0.2) is 40.9 Å². The first-order chi connectivity index (χ1) is 10.3. The molecule has 1 fully saturated rings. The van der Waals surface area contributed by atoms with Crippen LogP contribution in [0.25, 0.3) is 10.8 Å². The molecule has 1 unspecified atom stereocenters. The Morgan fingerprint density at radius 2 is 1.86 bits per heavy atom. The number of rotatable bonds is 3. The quantitative estimate of drug-likeness (QED) is 0.738. The second kappa shape index (κ2) is 5.83. The Hall–Kier alpha value is -1.11. The SMILES string of the molecule is O=C1CC(CS(=O)(=O)Cl)CN1c1ccc2cc(Br)ccc2c1. The van der Waals surface area contributed by atoms with Gasteiger partial charge in [0.25, 0.3) is 0 Å². The minimum atomic E-state index is -3.59. The zero-order valence-electron chi connectivity index (χ0n) is 11.5. The van der Waals surface area contributed by atoms with Gasteiger partial charge in [-0.3, -0.25) is 4.79 Å². The first-order valence-corrected chi connectivity index (χ1v) is 10.0. The highest BCUT2D eigenvalue weighted by Gasteiger charge is 2.33. The van der Waals surface area contributed by atoms with E-state index in [9.17, 15) is 13.2 Å². The molecule has 7 heteroatoms. The van der Waals surface area contributed by atoms with Crippen LogP contribution >= 0.6 is 26.6 Å². The van der Waals surface area contributed by atoms with Crippen LogP contribution < -0.4 is 4.90 Å². The smallest absolute Gasteiger partial charge is 0.232 e. The number of carbonyl (C=O) groups excluding carboxylic acids is 1. The Kier molecular flexibility index (Phi) is 4.18. The molecule has 0 aliphatic carbocycles. The van der Waals surface area contributed by atoms with Gasteiger partial charge in [0, 0.05) is 39.7 Å². The predicted octanol–water partition coefficient (Wildman–Crippen LogP) is 3.52. The minimum Gasteiger partial charge on any atom is -0.312 e. The fraction of sp³-hybridized carbons (Fsp3) is 0.267. The molecule has 1 saturated heterocycles. The molecule has 2 aromatic carbocycles. The zero-order chi connectivity index (χ0) is 15.9. The van der Waals surface area contributed by atoms with E-state index in [0.717, 1.165) is 20.9 Å². The molecule has 0 bridgehead atoms. The molecule has 1 amide bonds. The van der Waals surface area contributed by atoms with Crippen molar-refractivity contribution in [3.8, 4) is 0 Å². The Morgan fingerprint density at radius 1 is 1.18 bits per heavy atom. The van der Waals surface area contributed by atoms with Gasteiger partial charge in [-0.05, 0) is 35.0 Å².